The van der Waals surface area contributed by atoms with Gasteiger partial charge in [0, 0.05) is 50.6 Å². The van der Waals surface area contributed by atoms with Gasteiger partial charge >= 0.3 is 0 Å². The Hall–Kier alpha value is -3.18. The molecule has 2 aromatic carbocycles. The van der Waals surface area contributed by atoms with Crippen molar-refractivity contribution in [3.05, 3.63) is 84.7 Å². The number of nitrogens with zero attached hydrogens (tertiary/aromatic N) is 3. The first-order valence-corrected chi connectivity index (χ1v) is 10.5. The summed E-state index contributed by atoms with van der Waals surface area (Å²) in [5.74, 6) is 0.878. The molecule has 152 valence electrons. The van der Waals surface area contributed by atoms with E-state index in [0.717, 1.165) is 49.6 Å². The molecular formula is C25H25N3O2. The number of para-hydroxylation sites is 3. The second-order valence-electron chi connectivity index (χ2n) is 8.13. The highest BCUT2D eigenvalue weighted by molar-refractivity contribution is 6.03. The molecule has 1 saturated heterocycles. The van der Waals surface area contributed by atoms with Crippen molar-refractivity contribution in [2.45, 2.75) is 31.4 Å². The van der Waals surface area contributed by atoms with Crippen LogP contribution in [0.4, 0.5) is 11.4 Å². The van der Waals surface area contributed by atoms with Gasteiger partial charge in [0.1, 0.15) is 11.4 Å². The van der Waals surface area contributed by atoms with Crippen molar-refractivity contribution >= 4 is 17.3 Å². The van der Waals surface area contributed by atoms with Crippen LogP contribution in [0.2, 0.25) is 0 Å². The standard InChI is InChI=1S/C25H25N3O2/c29-24-18-25(12-16-27(17-13-25)19-20-10-14-26-15-11-20)30-23-9-5-4-8-22(23)28(24)21-6-2-1-3-7-21/h1-11,14-15H,12-13,16-19H2. The highest BCUT2D eigenvalue weighted by atomic mass is 16.5. The highest BCUT2D eigenvalue weighted by Gasteiger charge is 2.43. The molecule has 0 N–H and O–H groups in total. The third-order valence-corrected chi connectivity index (χ3v) is 6.09. The zero-order valence-corrected chi connectivity index (χ0v) is 16.9. The lowest BCUT2D eigenvalue weighted by atomic mass is 9.87. The van der Waals surface area contributed by atoms with Gasteiger partial charge in [-0.1, -0.05) is 30.3 Å². The Morgan fingerprint density at radius 3 is 2.37 bits per heavy atom. The number of carbonyl (C=O) groups excluding carboxylic acids is 1. The number of ether oxygens (including phenoxy) is 1. The van der Waals surface area contributed by atoms with Crippen LogP contribution in [0.25, 0.3) is 0 Å². The van der Waals surface area contributed by atoms with Crippen molar-refractivity contribution < 1.29 is 9.53 Å². The van der Waals surface area contributed by atoms with Gasteiger partial charge in [0.25, 0.3) is 0 Å². The van der Waals surface area contributed by atoms with Gasteiger partial charge in [0.2, 0.25) is 5.91 Å². The van der Waals surface area contributed by atoms with Gasteiger partial charge in [0.05, 0.1) is 12.1 Å². The summed E-state index contributed by atoms with van der Waals surface area (Å²) >= 11 is 0. The predicted molar refractivity (Wildman–Crippen MR) is 117 cm³/mol. The molecule has 0 aliphatic carbocycles. The minimum Gasteiger partial charge on any atom is -0.484 e. The Balaban J connectivity index is 1.39. The van der Waals surface area contributed by atoms with Gasteiger partial charge in [-0.25, -0.2) is 0 Å². The van der Waals surface area contributed by atoms with Crippen molar-refractivity contribution in [1.82, 2.24) is 9.88 Å². The van der Waals surface area contributed by atoms with Gasteiger partial charge in [-0.15, -0.1) is 0 Å². The number of hydrogen-bond acceptors (Lipinski definition) is 4. The van der Waals surface area contributed by atoms with E-state index in [2.05, 4.69) is 22.0 Å². The van der Waals surface area contributed by atoms with E-state index in [1.807, 2.05) is 71.9 Å². The summed E-state index contributed by atoms with van der Waals surface area (Å²) in [6.45, 7) is 2.71. The van der Waals surface area contributed by atoms with Crippen LogP contribution in [0.1, 0.15) is 24.8 Å². The quantitative estimate of drug-likeness (QED) is 0.648. The molecule has 0 bridgehead atoms. The summed E-state index contributed by atoms with van der Waals surface area (Å²) in [7, 11) is 0. The van der Waals surface area contributed by atoms with E-state index < -0.39 is 5.60 Å². The fraction of sp³-hybridized carbons (Fsp3) is 0.280. The zero-order chi connectivity index (χ0) is 20.4. The second-order valence-corrected chi connectivity index (χ2v) is 8.13. The number of anilines is 2. The molecule has 5 rings (SSSR count). The van der Waals surface area contributed by atoms with E-state index >= 15 is 0 Å². The number of carbonyl (C=O) groups is 1. The minimum absolute atomic E-state index is 0.0914. The number of benzene rings is 2. The summed E-state index contributed by atoms with van der Waals surface area (Å²) in [5, 5.41) is 0. The lowest BCUT2D eigenvalue weighted by Gasteiger charge is -2.40. The number of fused-ring (bicyclic) bond motifs is 1. The average molecular weight is 399 g/mol. The topological polar surface area (TPSA) is 45.7 Å². The van der Waals surface area contributed by atoms with Gasteiger partial charge in [0.15, 0.2) is 0 Å². The van der Waals surface area contributed by atoms with Crippen molar-refractivity contribution in [3.8, 4) is 5.75 Å². The zero-order valence-electron chi connectivity index (χ0n) is 16.9. The molecule has 3 heterocycles. The fourth-order valence-electron chi connectivity index (χ4n) is 4.49. The van der Waals surface area contributed by atoms with E-state index in [4.69, 9.17) is 4.74 Å². The number of piperidine rings is 1. The molecule has 5 nitrogen and oxygen atoms in total. The van der Waals surface area contributed by atoms with Crippen molar-refractivity contribution in [2.75, 3.05) is 18.0 Å². The maximum atomic E-state index is 13.4. The number of aromatic nitrogens is 1. The molecule has 2 aliphatic rings. The van der Waals surface area contributed by atoms with Crippen LogP contribution in [0.3, 0.4) is 0 Å². The Bertz CT molecular complexity index is 1010. The summed E-state index contributed by atoms with van der Waals surface area (Å²) < 4.78 is 6.61. The second kappa shape index (κ2) is 7.92. The molecule has 1 amide bonds. The monoisotopic (exact) mass is 399 g/mol. The summed E-state index contributed by atoms with van der Waals surface area (Å²) in [6, 6.07) is 21.8. The molecule has 0 unspecified atom stereocenters. The summed E-state index contributed by atoms with van der Waals surface area (Å²) in [4.78, 5) is 21.8. The first kappa shape index (κ1) is 18.8. The molecule has 1 fully saturated rings. The van der Waals surface area contributed by atoms with Gasteiger partial charge in [-0.05, 0) is 42.0 Å². The molecule has 1 spiro atoms. The predicted octanol–water partition coefficient (Wildman–Crippen LogP) is 4.56. The maximum Gasteiger partial charge on any atom is 0.235 e. The largest absolute Gasteiger partial charge is 0.484 e. The molecule has 30 heavy (non-hydrogen) atoms. The smallest absolute Gasteiger partial charge is 0.235 e. The van der Waals surface area contributed by atoms with Crippen LogP contribution in [-0.4, -0.2) is 34.5 Å². The number of hydrogen-bond donors (Lipinski definition) is 0. The number of rotatable bonds is 3. The average Bonchev–Trinajstić information content (AvgIpc) is 2.90. The Labute approximate surface area is 176 Å². The van der Waals surface area contributed by atoms with Crippen molar-refractivity contribution in [2.24, 2.45) is 0 Å². The van der Waals surface area contributed by atoms with E-state index in [-0.39, 0.29) is 5.91 Å². The van der Waals surface area contributed by atoms with Gasteiger partial charge in [-0.2, -0.15) is 0 Å². The normalized spacial score (nSPS) is 18.5. The van der Waals surface area contributed by atoms with E-state index in [0.29, 0.717) is 6.42 Å². The van der Waals surface area contributed by atoms with Gasteiger partial charge in [-0.3, -0.25) is 19.6 Å². The van der Waals surface area contributed by atoms with Crippen LogP contribution in [-0.2, 0) is 11.3 Å². The Morgan fingerprint density at radius 1 is 0.900 bits per heavy atom. The van der Waals surface area contributed by atoms with Gasteiger partial charge < -0.3 is 4.74 Å². The van der Waals surface area contributed by atoms with E-state index in [9.17, 15) is 4.79 Å². The molecule has 5 heteroatoms. The van der Waals surface area contributed by atoms with Crippen LogP contribution in [0.15, 0.2) is 79.1 Å². The third-order valence-electron chi connectivity index (χ3n) is 6.09. The third kappa shape index (κ3) is 3.68. The van der Waals surface area contributed by atoms with E-state index in [1.54, 1.807) is 0 Å². The SMILES string of the molecule is O=C1CC2(CCN(Cc3ccncc3)CC2)Oc2ccccc2N1c1ccccc1. The minimum atomic E-state index is -0.453. The van der Waals surface area contributed by atoms with Crippen LogP contribution in [0.5, 0.6) is 5.75 Å². The first-order valence-electron chi connectivity index (χ1n) is 10.5. The van der Waals surface area contributed by atoms with Crippen molar-refractivity contribution in [3.63, 3.8) is 0 Å². The molecule has 0 radical (unpaired) electrons. The van der Waals surface area contributed by atoms with Crippen LogP contribution in [0, 0.1) is 0 Å². The molecule has 3 aromatic rings. The number of amides is 1. The summed E-state index contributed by atoms with van der Waals surface area (Å²) in [5.41, 5.74) is 2.51. The molecule has 0 atom stereocenters. The lowest BCUT2D eigenvalue weighted by molar-refractivity contribution is -0.122. The number of likely N-dealkylation sites (tertiary alicyclic amines) is 1. The molecule has 1 aromatic heterocycles. The Kier molecular flexibility index (Phi) is 4.97. The molecule has 2 aliphatic heterocycles. The van der Waals surface area contributed by atoms with Crippen molar-refractivity contribution in [1.29, 1.82) is 0 Å². The maximum absolute atomic E-state index is 13.4. The lowest BCUT2D eigenvalue weighted by Crippen LogP contribution is -2.49. The molecular weight excluding hydrogens is 374 g/mol. The fourth-order valence-corrected chi connectivity index (χ4v) is 4.49. The van der Waals surface area contributed by atoms with Crippen LogP contribution >= 0.6 is 0 Å². The first-order chi connectivity index (χ1) is 14.7. The summed E-state index contributed by atoms with van der Waals surface area (Å²) in [6.07, 6.45) is 5.73. The highest BCUT2D eigenvalue weighted by Crippen LogP contribution is 2.43. The molecule has 0 saturated carbocycles. The number of pyridine rings is 1. The van der Waals surface area contributed by atoms with Crippen LogP contribution < -0.4 is 9.64 Å². The Morgan fingerprint density at radius 2 is 1.60 bits per heavy atom. The van der Waals surface area contributed by atoms with E-state index in [1.165, 1.54) is 5.56 Å².